The smallest absolute Gasteiger partial charge is 0.462 e. The van der Waals surface area contributed by atoms with Crippen molar-refractivity contribution >= 4 is 84.7 Å². The third-order valence-corrected chi connectivity index (χ3v) is 13.2. The van der Waals surface area contributed by atoms with Crippen LogP contribution < -0.4 is 40.8 Å². The lowest BCUT2D eigenvalue weighted by molar-refractivity contribution is -0.275. The normalized spacial score (nSPS) is 11.8. The second-order valence-corrected chi connectivity index (χ2v) is 20.0. The summed E-state index contributed by atoms with van der Waals surface area (Å²) in [7, 11) is 0. The van der Waals surface area contributed by atoms with Gasteiger partial charge in [0, 0.05) is 70.5 Å². The van der Waals surface area contributed by atoms with Gasteiger partial charge in [-0.25, -0.2) is 19.7 Å². The van der Waals surface area contributed by atoms with E-state index in [4.69, 9.17) is 14.2 Å². The first-order valence-corrected chi connectivity index (χ1v) is 28.7. The third kappa shape index (κ3) is 21.1. The average molecular weight is 1410 g/mol. The lowest BCUT2D eigenvalue weighted by Gasteiger charge is -2.18. The summed E-state index contributed by atoms with van der Waals surface area (Å²) in [4.78, 5) is 49.9. The van der Waals surface area contributed by atoms with E-state index in [9.17, 15) is 80.2 Å². The highest BCUT2D eigenvalue weighted by molar-refractivity contribution is 6.09. The first kappa shape index (κ1) is 73.5. The van der Waals surface area contributed by atoms with Crippen LogP contribution in [0.5, 0.6) is 17.2 Å². The van der Waals surface area contributed by atoms with Gasteiger partial charge in [0.25, 0.3) is 0 Å². The van der Waals surface area contributed by atoms with Crippen LogP contribution in [0, 0.1) is 0 Å². The number of hydrogen-bond donors (Lipinski definition) is 6. The van der Waals surface area contributed by atoms with Crippen molar-refractivity contribution in [1.82, 2.24) is 46.2 Å². The number of fused-ring (bicyclic) bond motifs is 3. The van der Waals surface area contributed by atoms with E-state index in [2.05, 4.69) is 71.1 Å². The van der Waals surface area contributed by atoms with Gasteiger partial charge in [-0.05, 0) is 116 Å². The number of nitrogens with zero attached hydrogens (tertiary/aromatic N) is 6. The van der Waals surface area contributed by atoms with E-state index in [0.717, 1.165) is 36.4 Å². The number of aromatic nitrogens is 7. The largest absolute Gasteiger partial charge is 0.573 e. The Labute approximate surface area is 548 Å². The number of nitrogens with one attached hydrogen (secondary N) is 6. The molecule has 522 valence electrons. The van der Waals surface area contributed by atoms with E-state index in [0.29, 0.717) is 28.0 Å². The molecule has 10 aromatic rings. The number of benzene rings is 6. The predicted octanol–water partition coefficient (Wildman–Crippen LogP) is 15.6. The first-order chi connectivity index (χ1) is 46.8. The molecule has 0 atom stereocenters. The number of ether oxygens (including phenoxy) is 6. The van der Waals surface area contributed by atoms with Crippen LogP contribution in [0.15, 0.2) is 146 Å². The summed E-state index contributed by atoms with van der Waals surface area (Å²) in [5.41, 5.74) is 3.07. The van der Waals surface area contributed by atoms with Crippen LogP contribution in [0.4, 0.5) is 100.0 Å². The van der Waals surface area contributed by atoms with Gasteiger partial charge >= 0.3 is 49.5 Å². The lowest BCUT2D eigenvalue weighted by Crippen LogP contribution is -2.31. The van der Waals surface area contributed by atoms with Gasteiger partial charge in [-0.3, -0.25) is 15.0 Å². The molecule has 0 aliphatic carbocycles. The van der Waals surface area contributed by atoms with E-state index in [1.165, 1.54) is 60.3 Å². The summed E-state index contributed by atoms with van der Waals surface area (Å²) in [6.07, 6.45) is -20.1. The highest BCUT2D eigenvalue weighted by atomic mass is 19.4. The number of anilines is 6. The Morgan fingerprint density at radius 3 is 1.17 bits per heavy atom. The summed E-state index contributed by atoms with van der Waals surface area (Å²) < 4.78 is 217. The summed E-state index contributed by atoms with van der Waals surface area (Å²) >= 11 is 0. The molecule has 36 heteroatoms. The van der Waals surface area contributed by atoms with Gasteiger partial charge in [-0.1, -0.05) is 48.5 Å². The van der Waals surface area contributed by atoms with Gasteiger partial charge in [-0.15, -0.1) is 49.7 Å². The van der Waals surface area contributed by atoms with Gasteiger partial charge < -0.3 is 49.7 Å². The van der Waals surface area contributed by atoms with E-state index < -0.39 is 79.8 Å². The molecule has 0 radical (unpaired) electrons. The molecule has 0 fully saturated rings. The number of tetrazole rings is 1. The van der Waals surface area contributed by atoms with Crippen molar-refractivity contribution in [2.24, 2.45) is 0 Å². The topological polar surface area (TPSA) is 260 Å². The van der Waals surface area contributed by atoms with E-state index in [-0.39, 0.29) is 104 Å². The molecule has 99 heavy (non-hydrogen) atoms. The van der Waals surface area contributed by atoms with Crippen LogP contribution >= 0.6 is 0 Å². The van der Waals surface area contributed by atoms with Gasteiger partial charge in [0.05, 0.1) is 60.0 Å². The Bertz CT molecular complexity index is 4460. The number of carbonyl (C=O) groups excluding carboxylic acids is 3. The Morgan fingerprint density at radius 2 is 0.818 bits per heavy atom. The number of pyridine rings is 3. The predicted molar refractivity (Wildman–Crippen MR) is 326 cm³/mol. The highest BCUT2D eigenvalue weighted by Crippen LogP contribution is 2.40. The second kappa shape index (κ2) is 31.7. The average Bonchev–Trinajstić information content (AvgIpc) is 0.855. The molecule has 21 nitrogen and oxygen atoms in total. The fourth-order valence-electron chi connectivity index (χ4n) is 9.20. The summed E-state index contributed by atoms with van der Waals surface area (Å²) in [6, 6.07) is 29.6. The molecule has 4 aromatic heterocycles. The van der Waals surface area contributed by atoms with Crippen molar-refractivity contribution in [3.8, 4) is 28.6 Å². The molecule has 0 saturated heterocycles. The number of rotatable bonds is 21. The molecule has 0 saturated carbocycles. The minimum atomic E-state index is -4.96. The molecule has 0 unspecified atom stereocenters. The zero-order valence-corrected chi connectivity index (χ0v) is 51.1. The van der Waals surface area contributed by atoms with Crippen molar-refractivity contribution in [1.29, 1.82) is 0 Å². The van der Waals surface area contributed by atoms with E-state index >= 15 is 0 Å². The van der Waals surface area contributed by atoms with Crippen molar-refractivity contribution in [3.05, 3.63) is 174 Å². The van der Waals surface area contributed by atoms with Crippen LogP contribution in [0.3, 0.4) is 0 Å². The molecule has 0 aliphatic heterocycles. The molecule has 6 N–H and O–H groups in total. The maximum Gasteiger partial charge on any atom is 0.573 e. The third-order valence-electron chi connectivity index (χ3n) is 13.2. The number of esters is 3. The second-order valence-electron chi connectivity index (χ2n) is 20.0. The van der Waals surface area contributed by atoms with Crippen LogP contribution in [-0.4, -0.2) is 111 Å². The number of aromatic amines is 1. The quantitative estimate of drug-likeness (QED) is 0.0169. The van der Waals surface area contributed by atoms with Crippen molar-refractivity contribution in [2.45, 2.75) is 65.4 Å². The summed E-state index contributed by atoms with van der Waals surface area (Å²) in [5, 5.41) is 26.8. The number of hydrogen-bond acceptors (Lipinski definition) is 20. The number of H-pyrrole nitrogens is 1. The Hall–Kier alpha value is -11.3. The summed E-state index contributed by atoms with van der Waals surface area (Å²) in [5.74, 6) is -3.56. The zero-order chi connectivity index (χ0) is 71.9. The number of alkyl halides is 15. The fourth-order valence-corrected chi connectivity index (χ4v) is 9.20. The van der Waals surface area contributed by atoms with Gasteiger partial charge in [0.1, 0.15) is 33.9 Å². The molecule has 0 amide bonds. The molecule has 4 heterocycles. The molecular weight excluding hydrogens is 1350 g/mol. The number of halogens is 15. The SMILES string of the molecule is CCOC(=O)c1cnc2ccc(OC(F)(F)F)cc2c1Nc1ccccc1-c1nn[nH]n1.CCOC(=O)c1cnc2ccc(OC(F)(F)F)cc2c1Nc1ccccc1CNC(F)(F)F.CCOC(=O)c1cnc2ccc(OC(F)(F)F)cc2c1Nc1ccccc1CNCC(F)(F)F. The highest BCUT2D eigenvalue weighted by Gasteiger charge is 2.35. The van der Waals surface area contributed by atoms with E-state index in [1.807, 2.05) is 0 Å². The van der Waals surface area contributed by atoms with Gasteiger partial charge in [0.15, 0.2) is 0 Å². The van der Waals surface area contributed by atoms with Crippen LogP contribution in [0.1, 0.15) is 63.0 Å². The molecule has 6 aromatic carbocycles. The monoisotopic (exact) mass is 1400 g/mol. The van der Waals surface area contributed by atoms with Crippen LogP contribution in [-0.2, 0) is 27.3 Å². The fraction of sp³-hybridized carbons (Fsp3) is 0.222. The Balaban J connectivity index is 0.000000189. The lowest BCUT2D eigenvalue weighted by atomic mass is 10.1. The van der Waals surface area contributed by atoms with Crippen LogP contribution in [0.2, 0.25) is 0 Å². The minimum Gasteiger partial charge on any atom is -0.462 e. The molecule has 0 aliphatic rings. The first-order valence-electron chi connectivity index (χ1n) is 28.7. The Kier molecular flexibility index (Phi) is 23.5. The molecule has 10 rings (SSSR count). The number of carbonyl (C=O) groups is 3. The van der Waals surface area contributed by atoms with Crippen molar-refractivity contribution in [2.75, 3.05) is 42.3 Å². The number of para-hydroxylation sites is 3. The molecule has 0 bridgehead atoms. The standard InChI is InChI=1S/C22H19F6N3O3.C21H17F6N3O3.C20H15F3N6O3/c1-2-33-20(32)16-11-30-18-8-7-14(34-22(26,27)28)9-15(18)19(16)31-17-6-4-3-5-13(17)10-29-12-21(23,24)25;1-2-32-19(31)15-11-28-17-8-7-13(33-21(25,26)27)9-14(17)18(15)30-16-6-4-3-5-12(16)10-29-20(22,23)24;1-2-31-19(30)14-10-24-15-8-7-11(32-20(21,22)23)9-13(15)17(14)25-16-6-4-3-5-12(16)18-26-28-29-27-18/h3-9,11,29H,2,10,12H2,1H3,(H,30,31);3-9,11,29H,2,10H2,1H3,(H,28,30);3-10H,2H2,1H3,(H,24,25)(H,26,27,28,29). The molecular formula is C63H51F15N12O9. The maximum atomic E-state index is 12.8. The Morgan fingerprint density at radius 1 is 0.455 bits per heavy atom. The maximum absolute atomic E-state index is 12.8. The zero-order valence-electron chi connectivity index (χ0n) is 51.1. The van der Waals surface area contributed by atoms with E-state index in [1.54, 1.807) is 75.4 Å². The van der Waals surface area contributed by atoms with Gasteiger partial charge in [0.2, 0.25) is 5.82 Å². The van der Waals surface area contributed by atoms with Crippen LogP contribution in [0.25, 0.3) is 44.1 Å². The summed E-state index contributed by atoms with van der Waals surface area (Å²) in [6.45, 7) is 2.96. The van der Waals surface area contributed by atoms with Crippen molar-refractivity contribution in [3.63, 3.8) is 0 Å². The van der Waals surface area contributed by atoms with Crippen molar-refractivity contribution < 1.29 is 109 Å². The minimum absolute atomic E-state index is 0.00512. The molecule has 0 spiro atoms. The van der Waals surface area contributed by atoms with Gasteiger partial charge in [-0.2, -0.15) is 31.6 Å².